The predicted octanol–water partition coefficient (Wildman–Crippen LogP) is 6.21. The van der Waals surface area contributed by atoms with E-state index in [1.807, 2.05) is 74.5 Å². The first kappa shape index (κ1) is 20.6. The van der Waals surface area contributed by atoms with Gasteiger partial charge in [0, 0.05) is 5.41 Å². The molecule has 1 aliphatic rings. The van der Waals surface area contributed by atoms with Gasteiger partial charge in [0.25, 0.3) is 7.00 Å². The molecule has 0 N–H and O–H groups in total. The number of phosphoric ester groups is 1. The molecule has 27 heavy (non-hydrogen) atoms. The van der Waals surface area contributed by atoms with Crippen LogP contribution in [0.15, 0.2) is 60.7 Å². The van der Waals surface area contributed by atoms with E-state index in [4.69, 9.17) is 22.6 Å². The van der Waals surface area contributed by atoms with Crippen molar-refractivity contribution < 1.29 is 27.2 Å². The van der Waals surface area contributed by atoms with Gasteiger partial charge in [-0.25, -0.2) is 4.57 Å². The van der Waals surface area contributed by atoms with Crippen LogP contribution in [0.25, 0.3) is 0 Å². The highest BCUT2D eigenvalue weighted by Gasteiger charge is 2.39. The van der Waals surface area contributed by atoms with Crippen molar-refractivity contribution in [1.29, 1.82) is 0 Å². The van der Waals surface area contributed by atoms with E-state index >= 15 is 0 Å². The van der Waals surface area contributed by atoms with Crippen LogP contribution in [0.4, 0.5) is 0 Å². The molecule has 0 saturated carbocycles. The Kier molecular flexibility index (Phi) is 6.48. The molecule has 0 unspecified atom stereocenters. The first-order chi connectivity index (χ1) is 12.8. The summed E-state index contributed by atoms with van der Waals surface area (Å²) in [5, 5.41) is 0. The Balaban J connectivity index is 1.73. The minimum atomic E-state index is -3.66. The van der Waals surface area contributed by atoms with Gasteiger partial charge in [0.2, 0.25) is 0 Å². The van der Waals surface area contributed by atoms with Gasteiger partial charge in [0.05, 0.1) is 13.2 Å². The number of hydrogen-bond acceptors (Lipinski definition) is 6. The second-order valence-electron chi connectivity index (χ2n) is 6.90. The number of phosphoric acid groups is 1. The van der Waals surface area contributed by atoms with Crippen molar-refractivity contribution in [2.45, 2.75) is 13.8 Å². The summed E-state index contributed by atoms with van der Waals surface area (Å²) in [6, 6.07) is 18.4. The molecule has 0 bridgehead atoms. The van der Waals surface area contributed by atoms with Crippen LogP contribution in [0, 0.1) is 5.41 Å². The first-order valence-electron chi connectivity index (χ1n) is 8.44. The summed E-state index contributed by atoms with van der Waals surface area (Å²) in [6.07, 6.45) is -0.120. The summed E-state index contributed by atoms with van der Waals surface area (Å²) in [7, 11) is -2.86. The van der Waals surface area contributed by atoms with Crippen molar-refractivity contribution >= 4 is 23.4 Å². The van der Waals surface area contributed by atoms with Crippen molar-refractivity contribution in [3.8, 4) is 11.5 Å². The third-order valence-corrected chi connectivity index (χ3v) is 7.56. The van der Waals surface area contributed by atoms with Gasteiger partial charge in [-0.1, -0.05) is 50.2 Å². The zero-order valence-corrected chi connectivity index (χ0v) is 18.0. The lowest BCUT2D eigenvalue weighted by atomic mass is 9.97. The van der Waals surface area contributed by atoms with Crippen LogP contribution in [0.1, 0.15) is 13.8 Å². The second kappa shape index (κ2) is 8.49. The molecule has 3 rings (SSSR count). The van der Waals surface area contributed by atoms with E-state index in [9.17, 15) is 4.57 Å². The molecule has 1 heterocycles. The van der Waals surface area contributed by atoms with E-state index in [0.29, 0.717) is 11.5 Å². The van der Waals surface area contributed by atoms with Crippen molar-refractivity contribution in [2.24, 2.45) is 5.41 Å². The molecule has 2 aromatic carbocycles. The van der Waals surface area contributed by atoms with Crippen molar-refractivity contribution in [3.63, 3.8) is 0 Å². The van der Waals surface area contributed by atoms with E-state index in [1.54, 1.807) is 0 Å². The largest absolute Gasteiger partial charge is 0.475 e. The molecular weight excluding hydrogens is 405 g/mol. The molecule has 1 saturated heterocycles. The molecule has 2 aromatic rings. The van der Waals surface area contributed by atoms with Crippen LogP contribution < -0.4 is 9.05 Å². The second-order valence-corrected chi connectivity index (χ2v) is 12.6. The SMILES string of the molecule is CC1(C)COP(=O)(OCP(=P)(Oc2ccccc2)Oc2ccccc2)OC1. The molecule has 0 aromatic heterocycles. The maximum absolute atomic E-state index is 12.7. The van der Waals surface area contributed by atoms with Crippen LogP contribution in [0.3, 0.4) is 0 Å². The summed E-state index contributed by atoms with van der Waals surface area (Å²) in [5.74, 6) is 1.20. The van der Waals surface area contributed by atoms with Crippen LogP contribution in [-0.2, 0) is 18.1 Å². The third-order valence-electron chi connectivity index (χ3n) is 3.60. The van der Waals surface area contributed by atoms with Crippen LogP contribution in [0.5, 0.6) is 11.5 Å². The number of rotatable bonds is 7. The van der Waals surface area contributed by atoms with Gasteiger partial charge in [0.15, 0.2) is 0 Å². The topological polar surface area (TPSA) is 63.2 Å². The van der Waals surface area contributed by atoms with E-state index in [1.165, 1.54) is 0 Å². The predicted molar refractivity (Wildman–Crippen MR) is 109 cm³/mol. The van der Waals surface area contributed by atoms with Crippen molar-refractivity contribution in [3.05, 3.63) is 60.7 Å². The Bertz CT molecular complexity index is 781. The molecule has 0 spiro atoms. The quantitative estimate of drug-likeness (QED) is 0.489. The van der Waals surface area contributed by atoms with Gasteiger partial charge in [0.1, 0.15) is 17.8 Å². The molecule has 146 valence electrons. The summed E-state index contributed by atoms with van der Waals surface area (Å²) < 4.78 is 41.0. The van der Waals surface area contributed by atoms with Crippen molar-refractivity contribution in [1.82, 2.24) is 0 Å². The minimum Gasteiger partial charge on any atom is -0.439 e. The summed E-state index contributed by atoms with van der Waals surface area (Å²) in [6.45, 7) is 4.51. The molecule has 1 fully saturated rings. The van der Waals surface area contributed by atoms with Crippen LogP contribution in [0.2, 0.25) is 0 Å². The average molecular weight is 428 g/mol. The standard InChI is InChI=1S/C18H23O6P3/c1-18(2)13-20-27(19,21-14-18)22-15-26(25,23-16-9-5-3-6-10-16)24-17-11-7-4-8-12-17/h3-12,25H,13-15H2,1-2H3. The highest BCUT2D eigenvalue weighted by Crippen LogP contribution is 2.61. The first-order valence-corrected chi connectivity index (χ1v) is 13.1. The summed E-state index contributed by atoms with van der Waals surface area (Å²) in [4.78, 5) is 0. The minimum absolute atomic E-state index is 0.120. The highest BCUT2D eigenvalue weighted by atomic mass is 31.8. The Morgan fingerprint density at radius 3 is 1.85 bits per heavy atom. The monoisotopic (exact) mass is 428 g/mol. The molecule has 9 heteroatoms. The van der Waals surface area contributed by atoms with Crippen LogP contribution >= 0.6 is 23.4 Å². The molecule has 1 aliphatic heterocycles. The van der Waals surface area contributed by atoms with Crippen molar-refractivity contribution in [2.75, 3.05) is 19.6 Å². The lowest BCUT2D eigenvalue weighted by molar-refractivity contribution is 0.00536. The Morgan fingerprint density at radius 2 is 1.41 bits per heavy atom. The number of hydrogen-bond donors (Lipinski definition) is 0. The number of para-hydroxylation sites is 2. The van der Waals surface area contributed by atoms with Gasteiger partial charge in [-0.15, -0.1) is 0 Å². The Hall–Kier alpha value is -1.12. The van der Waals surface area contributed by atoms with Gasteiger partial charge < -0.3 is 9.05 Å². The summed E-state index contributed by atoms with van der Waals surface area (Å²) >= 11 is 0. The molecule has 0 radical (unpaired) electrons. The molecule has 6 nitrogen and oxygen atoms in total. The molecule has 0 atom stereocenters. The molecule has 0 aliphatic carbocycles. The van der Waals surface area contributed by atoms with E-state index in [2.05, 4.69) is 8.53 Å². The maximum Gasteiger partial charge on any atom is 0.475 e. The molecular formula is C18H23O6P3. The normalized spacial score (nSPS) is 18.6. The molecule has 0 amide bonds. The lowest BCUT2D eigenvalue weighted by Crippen LogP contribution is -2.30. The smallest absolute Gasteiger partial charge is 0.439 e. The fraction of sp³-hybridized carbons (Fsp3) is 0.333. The highest BCUT2D eigenvalue weighted by molar-refractivity contribution is 7.93. The zero-order chi connectivity index (χ0) is 19.4. The van der Waals surface area contributed by atoms with Crippen LogP contribution in [-0.4, -0.2) is 19.6 Å². The van der Waals surface area contributed by atoms with E-state index in [0.717, 1.165) is 0 Å². The lowest BCUT2D eigenvalue weighted by Gasteiger charge is -2.34. The third kappa shape index (κ3) is 6.19. The average Bonchev–Trinajstić information content (AvgIpc) is 2.65. The fourth-order valence-corrected chi connectivity index (χ4v) is 6.81. The van der Waals surface area contributed by atoms with E-state index in [-0.39, 0.29) is 25.0 Å². The van der Waals surface area contributed by atoms with Gasteiger partial charge in [-0.2, -0.15) is 0 Å². The van der Waals surface area contributed by atoms with Gasteiger partial charge in [-0.3, -0.25) is 13.6 Å². The Morgan fingerprint density at radius 1 is 0.963 bits per heavy atom. The maximum atomic E-state index is 12.7. The van der Waals surface area contributed by atoms with Gasteiger partial charge in [-0.05, 0) is 32.8 Å². The zero-order valence-electron chi connectivity index (χ0n) is 15.2. The van der Waals surface area contributed by atoms with Gasteiger partial charge >= 0.3 is 7.82 Å². The summed E-state index contributed by atoms with van der Waals surface area (Å²) in [5.41, 5.74) is -0.210. The Labute approximate surface area is 161 Å². The fourth-order valence-electron chi connectivity index (χ4n) is 2.18. The number of benzene rings is 2. The van der Waals surface area contributed by atoms with E-state index < -0.39 is 14.8 Å².